The molecule has 0 saturated heterocycles. The van der Waals surface area contributed by atoms with E-state index < -0.39 is 21.7 Å². The molecular formula is C24H32N2O4S. The quantitative estimate of drug-likeness (QED) is 0.727. The van der Waals surface area contributed by atoms with E-state index in [1.807, 2.05) is 58.0 Å². The molecule has 1 aliphatic heterocycles. The molecule has 1 heterocycles. The summed E-state index contributed by atoms with van der Waals surface area (Å²) in [6.07, 6.45) is 2.57. The van der Waals surface area contributed by atoms with Crippen molar-refractivity contribution in [2.75, 3.05) is 10.6 Å². The summed E-state index contributed by atoms with van der Waals surface area (Å²) < 4.78 is 32.5. The Morgan fingerprint density at radius 1 is 1.23 bits per heavy atom. The Morgan fingerprint density at radius 3 is 2.45 bits per heavy atom. The fraction of sp³-hybridized carbons (Fsp3) is 0.458. The van der Waals surface area contributed by atoms with E-state index in [2.05, 4.69) is 5.32 Å². The maximum Gasteiger partial charge on any atom is 0.244 e. The first-order valence-corrected chi connectivity index (χ1v) is 12.4. The molecule has 0 aromatic heterocycles. The molecule has 168 valence electrons. The Labute approximate surface area is 185 Å². The highest BCUT2D eigenvalue weighted by Crippen LogP contribution is 2.40. The first-order chi connectivity index (χ1) is 14.4. The maximum absolute atomic E-state index is 13.2. The van der Waals surface area contributed by atoms with Crippen LogP contribution in [-0.4, -0.2) is 32.2 Å². The number of rotatable bonds is 6. The summed E-state index contributed by atoms with van der Waals surface area (Å²) in [7, 11) is -3.66. The van der Waals surface area contributed by atoms with Crippen LogP contribution in [0, 0.1) is 6.92 Å². The second-order valence-electron chi connectivity index (χ2n) is 8.92. The lowest BCUT2D eigenvalue weighted by molar-refractivity contribution is -0.123. The second-order valence-corrected chi connectivity index (χ2v) is 10.8. The number of carbonyl (C=O) groups excluding carboxylic acids is 1. The van der Waals surface area contributed by atoms with Crippen molar-refractivity contribution in [2.24, 2.45) is 0 Å². The molecule has 0 radical (unpaired) electrons. The zero-order valence-electron chi connectivity index (χ0n) is 19.1. The van der Waals surface area contributed by atoms with Crippen LogP contribution in [0.25, 0.3) is 0 Å². The number of fused-ring (bicyclic) bond motifs is 1. The van der Waals surface area contributed by atoms with Crippen molar-refractivity contribution >= 4 is 21.6 Å². The number of ether oxygens (including phenoxy) is 1. The van der Waals surface area contributed by atoms with Gasteiger partial charge in [0.1, 0.15) is 17.4 Å². The Morgan fingerprint density at radius 2 is 1.87 bits per heavy atom. The normalized spacial score (nSPS) is 18.5. The molecule has 31 heavy (non-hydrogen) atoms. The number of nitrogens with one attached hydrogen (secondary N) is 1. The van der Waals surface area contributed by atoms with E-state index >= 15 is 0 Å². The monoisotopic (exact) mass is 444 g/mol. The van der Waals surface area contributed by atoms with Crippen molar-refractivity contribution < 1.29 is 17.9 Å². The lowest BCUT2D eigenvalue weighted by Crippen LogP contribution is -2.50. The number of benzene rings is 2. The molecule has 0 spiro atoms. The van der Waals surface area contributed by atoms with Crippen LogP contribution in [0.2, 0.25) is 0 Å². The lowest BCUT2D eigenvalue weighted by atomic mass is 9.89. The summed E-state index contributed by atoms with van der Waals surface area (Å²) in [5.74, 6) is 0.398. The molecule has 0 aliphatic carbocycles. The third-order valence-corrected chi connectivity index (χ3v) is 6.87. The van der Waals surface area contributed by atoms with Gasteiger partial charge >= 0.3 is 0 Å². The van der Waals surface area contributed by atoms with Gasteiger partial charge in [-0.25, -0.2) is 8.42 Å². The maximum atomic E-state index is 13.2. The van der Waals surface area contributed by atoms with E-state index in [-0.39, 0.29) is 11.9 Å². The molecule has 1 N–H and O–H groups in total. The highest BCUT2D eigenvalue weighted by atomic mass is 32.2. The molecule has 0 fully saturated rings. The van der Waals surface area contributed by atoms with Crippen LogP contribution in [0.3, 0.4) is 0 Å². The fourth-order valence-electron chi connectivity index (χ4n) is 4.08. The molecule has 2 atom stereocenters. The number of hydrogen-bond donors (Lipinski definition) is 1. The number of nitrogens with zero attached hydrogens (tertiary/aromatic N) is 1. The van der Waals surface area contributed by atoms with Gasteiger partial charge in [-0.05, 0) is 57.9 Å². The molecule has 2 aromatic rings. The number of amides is 1. The van der Waals surface area contributed by atoms with E-state index in [0.717, 1.165) is 35.1 Å². The van der Waals surface area contributed by atoms with E-state index in [4.69, 9.17) is 4.74 Å². The van der Waals surface area contributed by atoms with Gasteiger partial charge in [0.15, 0.2) is 0 Å². The molecule has 0 saturated carbocycles. The van der Waals surface area contributed by atoms with Crippen LogP contribution in [-0.2, 0) is 21.2 Å². The summed E-state index contributed by atoms with van der Waals surface area (Å²) in [5, 5.41) is 3.08. The Hall–Kier alpha value is -2.54. The minimum Gasteiger partial charge on any atom is -0.487 e. The van der Waals surface area contributed by atoms with E-state index in [1.54, 1.807) is 19.1 Å². The number of anilines is 1. The van der Waals surface area contributed by atoms with Crippen LogP contribution >= 0.6 is 0 Å². The molecule has 6 nitrogen and oxygen atoms in total. The number of aryl methyl sites for hydroxylation is 2. The van der Waals surface area contributed by atoms with Crippen LogP contribution in [0.5, 0.6) is 5.75 Å². The van der Waals surface area contributed by atoms with Crippen LogP contribution in [0.4, 0.5) is 5.69 Å². The molecule has 0 unspecified atom stereocenters. The smallest absolute Gasteiger partial charge is 0.244 e. The molecule has 1 amide bonds. The number of sulfonamides is 1. The van der Waals surface area contributed by atoms with Crippen molar-refractivity contribution in [3.05, 3.63) is 59.2 Å². The zero-order valence-corrected chi connectivity index (χ0v) is 19.9. The Kier molecular flexibility index (Phi) is 6.37. The van der Waals surface area contributed by atoms with Crippen molar-refractivity contribution in [1.82, 2.24) is 5.32 Å². The van der Waals surface area contributed by atoms with E-state index in [1.165, 1.54) is 4.31 Å². The molecule has 1 aliphatic rings. The Bertz CT molecular complexity index is 1060. The van der Waals surface area contributed by atoms with Gasteiger partial charge < -0.3 is 10.1 Å². The predicted octanol–water partition coefficient (Wildman–Crippen LogP) is 4.13. The number of carbonyl (C=O) groups is 1. The summed E-state index contributed by atoms with van der Waals surface area (Å²) in [6, 6.07) is 12.0. The molecule has 2 aromatic carbocycles. The van der Waals surface area contributed by atoms with Gasteiger partial charge in [0, 0.05) is 12.0 Å². The Balaban J connectivity index is 1.89. The topological polar surface area (TPSA) is 75.7 Å². The first-order valence-electron chi connectivity index (χ1n) is 10.6. The first kappa shape index (κ1) is 23.1. The minimum absolute atomic E-state index is 0.266. The van der Waals surface area contributed by atoms with Crippen molar-refractivity contribution in [1.29, 1.82) is 0 Å². The van der Waals surface area contributed by atoms with Crippen LogP contribution in [0.15, 0.2) is 42.5 Å². The van der Waals surface area contributed by atoms with Gasteiger partial charge in [0.05, 0.1) is 18.0 Å². The van der Waals surface area contributed by atoms with Gasteiger partial charge in [-0.3, -0.25) is 9.10 Å². The zero-order chi connectivity index (χ0) is 23.0. The molecule has 0 bridgehead atoms. The molecule has 7 heteroatoms. The summed E-state index contributed by atoms with van der Waals surface area (Å²) in [6.45, 7) is 9.61. The van der Waals surface area contributed by atoms with E-state index in [9.17, 15) is 13.2 Å². The summed E-state index contributed by atoms with van der Waals surface area (Å²) in [5.41, 5.74) is 3.12. The third kappa shape index (κ3) is 5.21. The highest BCUT2D eigenvalue weighted by Gasteiger charge is 2.37. The lowest BCUT2D eigenvalue weighted by Gasteiger charge is -2.39. The minimum atomic E-state index is -3.66. The predicted molar refractivity (Wildman–Crippen MR) is 124 cm³/mol. The van der Waals surface area contributed by atoms with Crippen molar-refractivity contribution in [2.45, 2.75) is 65.1 Å². The van der Waals surface area contributed by atoms with Crippen LogP contribution in [0.1, 0.15) is 56.8 Å². The van der Waals surface area contributed by atoms with Crippen molar-refractivity contribution in [3.63, 3.8) is 0 Å². The second kappa shape index (κ2) is 8.54. The van der Waals surface area contributed by atoms with Gasteiger partial charge in [-0.15, -0.1) is 0 Å². The molecule has 3 rings (SSSR count). The average Bonchev–Trinajstić information content (AvgIpc) is 2.67. The van der Waals surface area contributed by atoms with Gasteiger partial charge in [-0.1, -0.05) is 36.8 Å². The SMILES string of the molecule is CCc1ccc(N([C@@H](C)C(=O)N[C@H]2CC(C)(C)Oc3ccc(C)cc32)S(C)(=O)=O)cc1. The number of hydrogen-bond acceptors (Lipinski definition) is 4. The molecular weight excluding hydrogens is 412 g/mol. The summed E-state index contributed by atoms with van der Waals surface area (Å²) in [4.78, 5) is 13.2. The van der Waals surface area contributed by atoms with Crippen LogP contribution < -0.4 is 14.4 Å². The average molecular weight is 445 g/mol. The van der Waals surface area contributed by atoms with Gasteiger partial charge in [0.2, 0.25) is 15.9 Å². The fourth-order valence-corrected chi connectivity index (χ4v) is 5.26. The van der Waals surface area contributed by atoms with E-state index in [0.29, 0.717) is 12.1 Å². The van der Waals surface area contributed by atoms with Gasteiger partial charge in [-0.2, -0.15) is 0 Å². The van der Waals surface area contributed by atoms with Gasteiger partial charge in [0.25, 0.3) is 0 Å². The summed E-state index contributed by atoms with van der Waals surface area (Å²) >= 11 is 0. The highest BCUT2D eigenvalue weighted by molar-refractivity contribution is 7.92. The van der Waals surface area contributed by atoms with Crippen molar-refractivity contribution in [3.8, 4) is 5.75 Å². The standard InChI is InChI=1S/C24H32N2O4S/c1-7-18-9-11-19(12-10-18)26(31(6,28)29)17(3)23(27)25-21-15-24(4,5)30-22-13-8-16(2)14-20(21)22/h8-14,17,21H,7,15H2,1-6H3,(H,25,27)/t17-,21-/m0/s1. The largest absolute Gasteiger partial charge is 0.487 e. The third-order valence-electron chi connectivity index (χ3n) is 5.63.